The fourth-order valence-corrected chi connectivity index (χ4v) is 2.31. The second-order valence-corrected chi connectivity index (χ2v) is 5.80. The Hall–Kier alpha value is -1.52. The van der Waals surface area contributed by atoms with Crippen molar-refractivity contribution < 1.29 is 4.79 Å². The topological polar surface area (TPSA) is 41.1 Å². The quantitative estimate of drug-likeness (QED) is 0.819. The number of carbonyl (C=O) groups excluding carboxylic acids is 1. The molecule has 0 radical (unpaired) electrons. The maximum absolute atomic E-state index is 11.7. The van der Waals surface area contributed by atoms with Gasteiger partial charge in [-0.1, -0.05) is 17.7 Å². The van der Waals surface area contributed by atoms with E-state index >= 15 is 0 Å². The highest BCUT2D eigenvalue weighted by Gasteiger charge is 2.03. The van der Waals surface area contributed by atoms with E-state index in [0.717, 1.165) is 15.7 Å². The van der Waals surface area contributed by atoms with Gasteiger partial charge in [-0.25, -0.2) is 0 Å². The Morgan fingerprint density at radius 2 is 1.90 bits per heavy atom. The number of halogens is 2. The summed E-state index contributed by atoms with van der Waals surface area (Å²) in [5.74, 6) is -0.0521. The summed E-state index contributed by atoms with van der Waals surface area (Å²) in [6.07, 6.45) is 0. The van der Waals surface area contributed by atoms with Crippen molar-refractivity contribution in [3.8, 4) is 0 Å². The average molecular weight is 368 g/mol. The van der Waals surface area contributed by atoms with E-state index in [1.165, 1.54) is 0 Å². The van der Waals surface area contributed by atoms with Gasteiger partial charge in [-0.05, 0) is 64.8 Å². The van der Waals surface area contributed by atoms with Crippen molar-refractivity contribution in [2.45, 2.75) is 13.5 Å². The molecule has 0 spiro atoms. The zero-order valence-electron chi connectivity index (χ0n) is 11.6. The van der Waals surface area contributed by atoms with Gasteiger partial charge < -0.3 is 10.6 Å². The lowest BCUT2D eigenvalue weighted by atomic mass is 10.2. The van der Waals surface area contributed by atoms with Gasteiger partial charge >= 0.3 is 0 Å². The Morgan fingerprint density at radius 3 is 2.52 bits per heavy atom. The van der Waals surface area contributed by atoms with Gasteiger partial charge in [0.1, 0.15) is 0 Å². The van der Waals surface area contributed by atoms with Gasteiger partial charge in [0.15, 0.2) is 0 Å². The molecule has 0 heterocycles. The maximum Gasteiger partial charge on any atom is 0.251 e. The molecule has 3 nitrogen and oxygen atoms in total. The van der Waals surface area contributed by atoms with E-state index in [2.05, 4.69) is 26.6 Å². The Morgan fingerprint density at radius 1 is 1.19 bits per heavy atom. The second-order valence-electron chi connectivity index (χ2n) is 4.54. The van der Waals surface area contributed by atoms with Crippen molar-refractivity contribution >= 4 is 39.1 Å². The monoisotopic (exact) mass is 366 g/mol. The van der Waals surface area contributed by atoms with Gasteiger partial charge in [-0.15, -0.1) is 0 Å². The van der Waals surface area contributed by atoms with E-state index in [0.29, 0.717) is 23.7 Å². The number of rotatable bonds is 5. The molecule has 2 aromatic rings. The third-order valence-corrected chi connectivity index (χ3v) is 4.20. The van der Waals surface area contributed by atoms with Crippen LogP contribution in [-0.2, 0) is 6.54 Å². The molecule has 2 N–H and O–H groups in total. The lowest BCUT2D eigenvalue weighted by molar-refractivity contribution is 0.0956. The Kier molecular flexibility index (Phi) is 5.65. The summed E-state index contributed by atoms with van der Waals surface area (Å²) in [6, 6.07) is 13.3. The fourth-order valence-electron chi connectivity index (χ4n) is 1.86. The number of nitrogens with one attached hydrogen (secondary N) is 2. The summed E-state index contributed by atoms with van der Waals surface area (Å²) in [5, 5.41) is 6.77. The fraction of sp³-hybridized carbons (Fsp3) is 0.188. The van der Waals surface area contributed by atoms with Crippen LogP contribution in [0.4, 0.5) is 5.69 Å². The summed E-state index contributed by atoms with van der Waals surface area (Å²) in [7, 11) is 0. The molecule has 2 rings (SSSR count). The highest BCUT2D eigenvalue weighted by atomic mass is 79.9. The Balaban J connectivity index is 1.97. The SMILES string of the molecule is CCNC(=O)c1ccc(NCc2ccc(Br)c(Cl)c2)cc1. The highest BCUT2D eigenvalue weighted by Crippen LogP contribution is 2.23. The summed E-state index contributed by atoms with van der Waals surface area (Å²) >= 11 is 9.43. The molecule has 5 heteroatoms. The molecule has 1 amide bonds. The average Bonchev–Trinajstić information content (AvgIpc) is 2.49. The van der Waals surface area contributed by atoms with Crippen molar-refractivity contribution in [2.24, 2.45) is 0 Å². The van der Waals surface area contributed by atoms with Crippen LogP contribution in [-0.4, -0.2) is 12.5 Å². The number of anilines is 1. The molecule has 0 fully saturated rings. The van der Waals surface area contributed by atoms with Crippen molar-refractivity contribution in [3.63, 3.8) is 0 Å². The van der Waals surface area contributed by atoms with Crippen molar-refractivity contribution in [3.05, 3.63) is 63.1 Å². The largest absolute Gasteiger partial charge is 0.381 e. The Labute approximate surface area is 137 Å². The smallest absolute Gasteiger partial charge is 0.251 e. The lowest BCUT2D eigenvalue weighted by Gasteiger charge is -2.08. The highest BCUT2D eigenvalue weighted by molar-refractivity contribution is 9.10. The van der Waals surface area contributed by atoms with E-state index in [4.69, 9.17) is 11.6 Å². The van der Waals surface area contributed by atoms with E-state index in [-0.39, 0.29) is 5.91 Å². The minimum absolute atomic E-state index is 0.0521. The van der Waals surface area contributed by atoms with Crippen molar-refractivity contribution in [2.75, 3.05) is 11.9 Å². The van der Waals surface area contributed by atoms with Crippen LogP contribution in [0.5, 0.6) is 0 Å². The summed E-state index contributed by atoms with van der Waals surface area (Å²) in [6.45, 7) is 3.20. The van der Waals surface area contributed by atoms with Crippen molar-refractivity contribution in [1.29, 1.82) is 0 Å². The second kappa shape index (κ2) is 7.48. The Bertz CT molecular complexity index is 629. The van der Waals surface area contributed by atoms with E-state index in [1.807, 2.05) is 49.4 Å². The van der Waals surface area contributed by atoms with E-state index in [9.17, 15) is 4.79 Å². The molecule has 0 aliphatic rings. The third kappa shape index (κ3) is 4.48. The van der Waals surface area contributed by atoms with Crippen LogP contribution < -0.4 is 10.6 Å². The molecule has 0 unspecified atom stereocenters. The molecule has 21 heavy (non-hydrogen) atoms. The first kappa shape index (κ1) is 15.9. The molecule has 0 bridgehead atoms. The molecule has 0 atom stereocenters. The molecule has 0 aliphatic carbocycles. The zero-order valence-corrected chi connectivity index (χ0v) is 14.0. The first-order valence-electron chi connectivity index (χ1n) is 6.66. The van der Waals surface area contributed by atoms with E-state index < -0.39 is 0 Å². The van der Waals surface area contributed by atoms with Gasteiger partial charge in [0, 0.05) is 28.8 Å². The number of benzene rings is 2. The predicted molar refractivity (Wildman–Crippen MR) is 90.9 cm³/mol. The van der Waals surface area contributed by atoms with Gasteiger partial charge in [0.05, 0.1) is 5.02 Å². The van der Waals surface area contributed by atoms with Crippen LogP contribution in [0.1, 0.15) is 22.8 Å². The van der Waals surface area contributed by atoms with Crippen LogP contribution in [0, 0.1) is 0 Å². The lowest BCUT2D eigenvalue weighted by Crippen LogP contribution is -2.22. The van der Waals surface area contributed by atoms with Gasteiger partial charge in [-0.3, -0.25) is 4.79 Å². The minimum atomic E-state index is -0.0521. The van der Waals surface area contributed by atoms with Gasteiger partial charge in [0.2, 0.25) is 0 Å². The van der Waals surface area contributed by atoms with Crippen molar-refractivity contribution in [1.82, 2.24) is 5.32 Å². The number of hydrogen-bond donors (Lipinski definition) is 2. The van der Waals surface area contributed by atoms with Crippen LogP contribution in [0.2, 0.25) is 5.02 Å². The van der Waals surface area contributed by atoms with Crippen LogP contribution >= 0.6 is 27.5 Å². The first-order valence-corrected chi connectivity index (χ1v) is 7.83. The predicted octanol–water partition coefficient (Wildman–Crippen LogP) is 4.46. The number of hydrogen-bond acceptors (Lipinski definition) is 2. The van der Waals surface area contributed by atoms with Crippen LogP contribution in [0.25, 0.3) is 0 Å². The summed E-state index contributed by atoms with van der Waals surface area (Å²) in [4.78, 5) is 11.7. The number of amides is 1. The molecule has 0 aromatic heterocycles. The summed E-state index contributed by atoms with van der Waals surface area (Å²) < 4.78 is 0.888. The molecule has 110 valence electrons. The standard InChI is InChI=1S/C16H16BrClN2O/c1-2-19-16(21)12-4-6-13(7-5-12)20-10-11-3-8-14(17)15(18)9-11/h3-9,20H,2,10H2,1H3,(H,19,21). The third-order valence-electron chi connectivity index (χ3n) is 2.97. The molecule has 0 aliphatic heterocycles. The number of carbonyl (C=O) groups is 1. The molecule has 2 aromatic carbocycles. The van der Waals surface area contributed by atoms with Gasteiger partial charge in [0.25, 0.3) is 5.91 Å². The summed E-state index contributed by atoms with van der Waals surface area (Å²) in [5.41, 5.74) is 2.71. The molecular weight excluding hydrogens is 352 g/mol. The normalized spacial score (nSPS) is 10.2. The molecular formula is C16H16BrClN2O. The maximum atomic E-state index is 11.7. The molecule has 0 saturated heterocycles. The van der Waals surface area contributed by atoms with Gasteiger partial charge in [-0.2, -0.15) is 0 Å². The minimum Gasteiger partial charge on any atom is -0.381 e. The van der Waals surface area contributed by atoms with Crippen LogP contribution in [0.15, 0.2) is 46.9 Å². The first-order chi connectivity index (χ1) is 10.1. The molecule has 0 saturated carbocycles. The zero-order chi connectivity index (χ0) is 15.2. The van der Waals surface area contributed by atoms with Crippen LogP contribution in [0.3, 0.4) is 0 Å². The van der Waals surface area contributed by atoms with E-state index in [1.54, 1.807) is 0 Å².